The van der Waals surface area contributed by atoms with E-state index < -0.39 is 6.09 Å². The Morgan fingerprint density at radius 1 is 1.61 bits per heavy atom. The Hall–Kier alpha value is -1.77. The van der Waals surface area contributed by atoms with Crippen molar-refractivity contribution in [1.82, 2.24) is 0 Å². The number of nitrogens with zero attached hydrogens (tertiary/aromatic N) is 1. The number of nitriles is 1. The van der Waals surface area contributed by atoms with Crippen LogP contribution >= 0.6 is 11.6 Å². The number of hydrogen-bond acceptors (Lipinski definition) is 3. The van der Waals surface area contributed by atoms with E-state index in [1.165, 1.54) is 6.07 Å². The molecule has 0 aliphatic rings. The van der Waals surface area contributed by atoms with E-state index >= 15 is 0 Å². The molecule has 1 aromatic rings. The largest absolute Gasteiger partial charge is 0.465 e. The molecule has 0 aliphatic heterocycles. The molecule has 0 fully saturated rings. The highest BCUT2D eigenvalue weighted by molar-refractivity contribution is 6.34. The summed E-state index contributed by atoms with van der Waals surface area (Å²) in [5, 5.41) is 28.9. The quantitative estimate of drug-likeness (QED) is 0.783. The van der Waals surface area contributed by atoms with Crippen molar-refractivity contribution < 1.29 is 15.0 Å². The number of benzene rings is 1. The van der Waals surface area contributed by atoms with Crippen molar-refractivity contribution in [1.29, 1.82) is 5.26 Å². The molecule has 1 rings (SSSR count). The third-order valence-corrected chi connectivity index (χ3v) is 2.99. The van der Waals surface area contributed by atoms with Crippen molar-refractivity contribution in [2.75, 3.05) is 11.9 Å². The lowest BCUT2D eigenvalue weighted by Gasteiger charge is -2.15. The van der Waals surface area contributed by atoms with Gasteiger partial charge in [0.1, 0.15) is 0 Å². The van der Waals surface area contributed by atoms with Gasteiger partial charge in [-0.05, 0) is 30.0 Å². The number of rotatable bonds is 4. The second-order valence-electron chi connectivity index (χ2n) is 3.88. The maximum Gasteiger partial charge on any atom is 0.409 e. The lowest BCUT2D eigenvalue weighted by atomic mass is 9.95. The molecule has 0 aliphatic carbocycles. The molecule has 18 heavy (non-hydrogen) atoms. The highest BCUT2D eigenvalue weighted by Gasteiger charge is 2.15. The van der Waals surface area contributed by atoms with Crippen LogP contribution in [-0.2, 0) is 0 Å². The van der Waals surface area contributed by atoms with E-state index in [1.807, 2.05) is 13.0 Å². The normalized spacial score (nSPS) is 11.7. The van der Waals surface area contributed by atoms with Crippen molar-refractivity contribution in [2.24, 2.45) is 0 Å². The molecule has 1 amide bonds. The zero-order valence-corrected chi connectivity index (χ0v) is 10.5. The predicted octanol–water partition coefficient (Wildman–Crippen LogP) is 2.79. The summed E-state index contributed by atoms with van der Waals surface area (Å²) in [4.78, 5) is 10.6. The molecule has 0 heterocycles. The van der Waals surface area contributed by atoms with Crippen LogP contribution in [0.3, 0.4) is 0 Å². The molecule has 6 heteroatoms. The number of hydrogen-bond donors (Lipinski definition) is 3. The van der Waals surface area contributed by atoms with Crippen LogP contribution in [0, 0.1) is 11.3 Å². The van der Waals surface area contributed by atoms with Crippen LogP contribution in [0.2, 0.25) is 5.02 Å². The van der Waals surface area contributed by atoms with Gasteiger partial charge in [-0.1, -0.05) is 18.5 Å². The first-order valence-corrected chi connectivity index (χ1v) is 5.71. The van der Waals surface area contributed by atoms with Gasteiger partial charge in [-0.25, -0.2) is 4.79 Å². The fraction of sp³-hybridized carbons (Fsp3) is 0.333. The van der Waals surface area contributed by atoms with E-state index in [9.17, 15) is 4.79 Å². The molecule has 1 unspecified atom stereocenters. The first-order valence-electron chi connectivity index (χ1n) is 5.34. The Morgan fingerprint density at radius 3 is 2.78 bits per heavy atom. The van der Waals surface area contributed by atoms with Crippen molar-refractivity contribution in [3.8, 4) is 6.07 Å². The van der Waals surface area contributed by atoms with Gasteiger partial charge in [0, 0.05) is 6.61 Å². The van der Waals surface area contributed by atoms with Crippen LogP contribution in [0.1, 0.15) is 30.4 Å². The smallest absolute Gasteiger partial charge is 0.409 e. The van der Waals surface area contributed by atoms with Crippen molar-refractivity contribution in [2.45, 2.75) is 19.3 Å². The van der Waals surface area contributed by atoms with Gasteiger partial charge >= 0.3 is 6.09 Å². The maximum atomic E-state index is 10.6. The van der Waals surface area contributed by atoms with E-state index in [0.717, 1.165) is 0 Å². The summed E-state index contributed by atoms with van der Waals surface area (Å²) < 4.78 is 0. The highest BCUT2D eigenvalue weighted by Crippen LogP contribution is 2.34. The van der Waals surface area contributed by atoms with Gasteiger partial charge in [0.25, 0.3) is 0 Å². The number of aliphatic hydroxyl groups excluding tert-OH is 1. The highest BCUT2D eigenvalue weighted by atomic mass is 35.5. The minimum Gasteiger partial charge on any atom is -0.465 e. The van der Waals surface area contributed by atoms with Crippen LogP contribution in [0.25, 0.3) is 0 Å². The molecular weight excluding hydrogens is 256 g/mol. The van der Waals surface area contributed by atoms with E-state index in [-0.39, 0.29) is 23.2 Å². The number of anilines is 1. The molecule has 1 atom stereocenters. The third-order valence-electron chi connectivity index (χ3n) is 2.56. The van der Waals surface area contributed by atoms with Crippen LogP contribution in [0.4, 0.5) is 10.5 Å². The number of nitrogens with one attached hydrogen (secondary N) is 1. The second-order valence-corrected chi connectivity index (χ2v) is 4.26. The number of amides is 1. The second kappa shape index (κ2) is 6.24. The first kappa shape index (κ1) is 14.3. The van der Waals surface area contributed by atoms with Crippen molar-refractivity contribution >= 4 is 23.4 Å². The molecule has 1 aromatic carbocycles. The summed E-state index contributed by atoms with van der Waals surface area (Å²) in [7, 11) is 0. The van der Waals surface area contributed by atoms with Crippen LogP contribution in [0.15, 0.2) is 12.1 Å². The lowest BCUT2D eigenvalue weighted by molar-refractivity contribution is 0.209. The van der Waals surface area contributed by atoms with Gasteiger partial charge in [0.05, 0.1) is 22.3 Å². The fourth-order valence-corrected chi connectivity index (χ4v) is 1.97. The van der Waals surface area contributed by atoms with Crippen molar-refractivity contribution in [3.63, 3.8) is 0 Å². The van der Waals surface area contributed by atoms with Crippen molar-refractivity contribution in [3.05, 3.63) is 28.3 Å². The molecule has 0 bridgehead atoms. The molecule has 96 valence electrons. The van der Waals surface area contributed by atoms with Crippen LogP contribution < -0.4 is 5.32 Å². The van der Waals surface area contributed by atoms with Crippen LogP contribution in [0.5, 0.6) is 0 Å². The zero-order chi connectivity index (χ0) is 13.7. The third kappa shape index (κ3) is 3.36. The topological polar surface area (TPSA) is 93.4 Å². The lowest BCUT2D eigenvalue weighted by Crippen LogP contribution is -2.09. The Kier molecular flexibility index (Phi) is 4.95. The minimum absolute atomic E-state index is 0.00400. The molecule has 3 N–H and O–H groups in total. The Bertz CT molecular complexity index is 497. The summed E-state index contributed by atoms with van der Waals surface area (Å²) in [6, 6.07) is 4.94. The van der Waals surface area contributed by atoms with E-state index in [4.69, 9.17) is 27.1 Å². The van der Waals surface area contributed by atoms with Gasteiger partial charge in [-0.3, -0.25) is 5.32 Å². The van der Waals surface area contributed by atoms with E-state index in [0.29, 0.717) is 17.5 Å². The maximum absolute atomic E-state index is 10.6. The first-order chi connectivity index (χ1) is 8.49. The fourth-order valence-electron chi connectivity index (χ4n) is 1.63. The minimum atomic E-state index is -1.24. The number of carbonyl (C=O) groups is 1. The Balaban J connectivity index is 3.25. The molecule has 0 saturated heterocycles. The van der Waals surface area contributed by atoms with E-state index in [1.54, 1.807) is 6.07 Å². The molecule has 5 nitrogen and oxygen atoms in total. The average molecular weight is 269 g/mol. The SMILES string of the molecule is CC(CCO)c1cc(C#N)cc(NC(=O)O)c1Cl. The number of halogens is 1. The van der Waals surface area contributed by atoms with Gasteiger partial charge in [-0.2, -0.15) is 5.26 Å². The van der Waals surface area contributed by atoms with Gasteiger partial charge in [0.15, 0.2) is 0 Å². The number of carboxylic acid groups (broad SMARTS) is 1. The van der Waals surface area contributed by atoms with Gasteiger partial charge in [-0.15, -0.1) is 0 Å². The summed E-state index contributed by atoms with van der Waals surface area (Å²) in [6.45, 7) is 1.85. The molecule has 0 spiro atoms. The summed E-state index contributed by atoms with van der Waals surface area (Å²) >= 11 is 6.10. The monoisotopic (exact) mass is 268 g/mol. The summed E-state index contributed by atoms with van der Waals surface area (Å²) in [5.41, 5.74) is 1.15. The zero-order valence-electron chi connectivity index (χ0n) is 9.77. The van der Waals surface area contributed by atoms with Gasteiger partial charge in [0.2, 0.25) is 0 Å². The Morgan fingerprint density at radius 2 is 2.28 bits per heavy atom. The number of aliphatic hydroxyl groups is 1. The molecular formula is C12H13ClN2O3. The molecule has 0 aromatic heterocycles. The van der Waals surface area contributed by atoms with E-state index in [2.05, 4.69) is 5.32 Å². The summed E-state index contributed by atoms with van der Waals surface area (Å²) in [6.07, 6.45) is -0.756. The standard InChI is InChI=1S/C12H13ClN2O3/c1-7(2-3-16)9-4-8(6-14)5-10(11(9)13)15-12(17)18/h4-5,7,15-16H,2-3H2,1H3,(H,17,18). The predicted molar refractivity (Wildman–Crippen MR) is 67.9 cm³/mol. The van der Waals surface area contributed by atoms with Crippen LogP contribution in [-0.4, -0.2) is 22.9 Å². The average Bonchev–Trinajstić information content (AvgIpc) is 2.31. The molecule has 0 saturated carbocycles. The summed E-state index contributed by atoms with van der Waals surface area (Å²) in [5.74, 6) is -0.0647. The molecule has 0 radical (unpaired) electrons. The Labute approximate surface area is 110 Å². The van der Waals surface area contributed by atoms with Gasteiger partial charge < -0.3 is 10.2 Å².